The van der Waals surface area contributed by atoms with Crippen LogP contribution in [-0.2, 0) is 9.59 Å². The lowest BCUT2D eigenvalue weighted by molar-refractivity contribution is -0.117. The molecule has 0 spiro atoms. The average molecular weight is 437 g/mol. The van der Waals surface area contributed by atoms with E-state index in [9.17, 15) is 9.59 Å². The van der Waals surface area contributed by atoms with E-state index < -0.39 is 0 Å². The summed E-state index contributed by atoms with van der Waals surface area (Å²) in [6, 6.07) is 13.7. The Bertz CT molecular complexity index is 1110. The van der Waals surface area contributed by atoms with Crippen molar-refractivity contribution in [1.82, 2.24) is 10.2 Å². The van der Waals surface area contributed by atoms with E-state index in [1.807, 2.05) is 63.2 Å². The van der Waals surface area contributed by atoms with Crippen LogP contribution >= 0.6 is 11.8 Å². The second kappa shape index (κ2) is 8.93. The largest absolute Gasteiger partial charge is 0.416 e. The van der Waals surface area contributed by atoms with Gasteiger partial charge in [0.15, 0.2) is 0 Å². The number of carbonyl (C=O) groups excluding carboxylic acids is 2. The molecule has 1 aliphatic heterocycles. The molecule has 0 radical (unpaired) electrons. The highest BCUT2D eigenvalue weighted by molar-refractivity contribution is 7.99. The van der Waals surface area contributed by atoms with E-state index in [0.717, 1.165) is 22.5 Å². The molecule has 3 aromatic rings. The third kappa shape index (κ3) is 4.96. The number of nitrogens with zero attached hydrogens (tertiary/aromatic N) is 3. The molecule has 1 atom stereocenters. The predicted octanol–water partition coefficient (Wildman–Crippen LogP) is 4.25. The molecule has 0 aliphatic carbocycles. The highest BCUT2D eigenvalue weighted by atomic mass is 32.2. The maximum Gasteiger partial charge on any atom is 0.277 e. The first-order chi connectivity index (χ1) is 14.9. The summed E-state index contributed by atoms with van der Waals surface area (Å²) in [6.45, 7) is 6.55. The molecule has 0 saturated carbocycles. The van der Waals surface area contributed by atoms with Crippen molar-refractivity contribution < 1.29 is 14.0 Å². The van der Waals surface area contributed by atoms with Gasteiger partial charge >= 0.3 is 0 Å². The number of amides is 2. The molecule has 1 saturated heterocycles. The molecule has 0 bridgehead atoms. The van der Waals surface area contributed by atoms with Crippen LogP contribution in [0.2, 0.25) is 0 Å². The fraction of sp³-hybridized carbons (Fsp3) is 0.304. The van der Waals surface area contributed by atoms with Crippen LogP contribution < -0.4 is 10.2 Å². The summed E-state index contributed by atoms with van der Waals surface area (Å²) in [5.41, 5.74) is 5.08. The van der Waals surface area contributed by atoms with Crippen molar-refractivity contribution >= 4 is 35.0 Å². The molecule has 1 N–H and O–H groups in total. The lowest BCUT2D eigenvalue weighted by Gasteiger charge is -2.16. The van der Waals surface area contributed by atoms with Crippen molar-refractivity contribution in [1.29, 1.82) is 0 Å². The molecule has 160 valence electrons. The van der Waals surface area contributed by atoms with Gasteiger partial charge in [-0.2, -0.15) is 0 Å². The number of nitrogens with one attached hydrogen (secondary N) is 1. The minimum atomic E-state index is -0.153. The maximum atomic E-state index is 12.5. The summed E-state index contributed by atoms with van der Waals surface area (Å²) in [6.07, 6.45) is 0.327. The van der Waals surface area contributed by atoms with Crippen LogP contribution in [0, 0.1) is 20.8 Å². The van der Waals surface area contributed by atoms with E-state index in [4.69, 9.17) is 4.42 Å². The topological polar surface area (TPSA) is 88.3 Å². The Kier molecular flexibility index (Phi) is 6.08. The van der Waals surface area contributed by atoms with Gasteiger partial charge in [-0.15, -0.1) is 10.2 Å². The van der Waals surface area contributed by atoms with Gasteiger partial charge in [0.25, 0.3) is 5.22 Å². The van der Waals surface area contributed by atoms with Gasteiger partial charge in [0.1, 0.15) is 0 Å². The number of anilines is 2. The minimum absolute atomic E-state index is 0.0361. The van der Waals surface area contributed by atoms with E-state index in [1.54, 1.807) is 4.90 Å². The van der Waals surface area contributed by atoms with Crippen molar-refractivity contribution in [2.75, 3.05) is 22.5 Å². The van der Waals surface area contributed by atoms with Gasteiger partial charge in [0, 0.05) is 24.3 Å². The van der Waals surface area contributed by atoms with Crippen molar-refractivity contribution in [2.45, 2.75) is 38.3 Å². The number of carbonyl (C=O) groups is 2. The van der Waals surface area contributed by atoms with Crippen LogP contribution in [0.1, 0.15) is 34.9 Å². The molecule has 7 nitrogen and oxygen atoms in total. The van der Waals surface area contributed by atoms with Crippen LogP contribution in [-0.4, -0.2) is 34.3 Å². The predicted molar refractivity (Wildman–Crippen MR) is 120 cm³/mol. The highest BCUT2D eigenvalue weighted by Crippen LogP contribution is 2.32. The molecule has 2 amide bonds. The Morgan fingerprint density at radius 2 is 1.90 bits per heavy atom. The van der Waals surface area contributed by atoms with Gasteiger partial charge < -0.3 is 14.6 Å². The van der Waals surface area contributed by atoms with Gasteiger partial charge in [0.2, 0.25) is 17.7 Å². The summed E-state index contributed by atoms with van der Waals surface area (Å²) < 4.78 is 5.74. The zero-order chi connectivity index (χ0) is 22.0. The number of hydrogen-bond donors (Lipinski definition) is 1. The third-order valence-electron chi connectivity index (χ3n) is 5.36. The Hall–Kier alpha value is -3.13. The first kappa shape index (κ1) is 21.1. The maximum absolute atomic E-state index is 12.5. The molecule has 4 rings (SSSR count). The SMILES string of the molecule is Cc1ccc(N2C[C@H](c3nnc(SCC(=O)Nc4ccc(C)c(C)c4)o3)CC2=O)cc1. The van der Waals surface area contributed by atoms with Gasteiger partial charge in [-0.05, 0) is 56.2 Å². The summed E-state index contributed by atoms with van der Waals surface area (Å²) in [5, 5.41) is 11.3. The zero-order valence-electron chi connectivity index (χ0n) is 17.7. The fourth-order valence-corrected chi connectivity index (χ4v) is 4.00. The molecule has 2 heterocycles. The third-order valence-corrected chi connectivity index (χ3v) is 6.18. The van der Waals surface area contributed by atoms with Crippen molar-refractivity contribution in [2.24, 2.45) is 0 Å². The number of thioether (sulfide) groups is 1. The van der Waals surface area contributed by atoms with E-state index >= 15 is 0 Å². The molecular formula is C23H24N4O3S. The monoisotopic (exact) mass is 436 g/mol. The Labute approximate surface area is 185 Å². The van der Waals surface area contributed by atoms with Crippen LogP contribution in [0.3, 0.4) is 0 Å². The Balaban J connectivity index is 1.33. The minimum Gasteiger partial charge on any atom is -0.416 e. The first-order valence-corrected chi connectivity index (χ1v) is 11.1. The van der Waals surface area contributed by atoms with Crippen LogP contribution in [0.5, 0.6) is 0 Å². The Morgan fingerprint density at radius 1 is 1.13 bits per heavy atom. The van der Waals surface area contributed by atoms with Gasteiger partial charge in [0.05, 0.1) is 11.7 Å². The zero-order valence-corrected chi connectivity index (χ0v) is 18.5. The lowest BCUT2D eigenvalue weighted by Crippen LogP contribution is -2.24. The molecule has 2 aromatic carbocycles. The molecule has 1 aromatic heterocycles. The molecule has 0 unspecified atom stereocenters. The van der Waals surface area contributed by atoms with E-state index in [0.29, 0.717) is 24.1 Å². The van der Waals surface area contributed by atoms with Gasteiger partial charge in [-0.1, -0.05) is 35.5 Å². The van der Waals surface area contributed by atoms with Crippen LogP contribution in [0.4, 0.5) is 11.4 Å². The van der Waals surface area contributed by atoms with Crippen molar-refractivity contribution in [3.8, 4) is 0 Å². The summed E-state index contributed by atoms with van der Waals surface area (Å²) in [4.78, 5) is 26.4. The average Bonchev–Trinajstić information content (AvgIpc) is 3.37. The highest BCUT2D eigenvalue weighted by Gasteiger charge is 2.35. The van der Waals surface area contributed by atoms with Crippen molar-refractivity contribution in [3.63, 3.8) is 0 Å². The van der Waals surface area contributed by atoms with Gasteiger partial charge in [-0.25, -0.2) is 0 Å². The van der Waals surface area contributed by atoms with Crippen LogP contribution in [0.15, 0.2) is 52.1 Å². The molecule has 1 aliphatic rings. The lowest BCUT2D eigenvalue weighted by atomic mass is 10.1. The number of hydrogen-bond acceptors (Lipinski definition) is 6. The first-order valence-electron chi connectivity index (χ1n) is 10.1. The molecule has 31 heavy (non-hydrogen) atoms. The van der Waals surface area contributed by atoms with Crippen LogP contribution in [0.25, 0.3) is 0 Å². The molecule has 1 fully saturated rings. The summed E-state index contributed by atoms with van der Waals surface area (Å²) in [5.74, 6) is 0.330. The van der Waals surface area contributed by atoms with E-state index in [1.165, 1.54) is 17.3 Å². The number of aryl methyl sites for hydroxylation is 3. The number of rotatable bonds is 6. The Morgan fingerprint density at radius 3 is 2.65 bits per heavy atom. The quantitative estimate of drug-likeness (QED) is 0.581. The normalized spacial score (nSPS) is 16.0. The fourth-order valence-electron chi connectivity index (χ4n) is 3.43. The smallest absolute Gasteiger partial charge is 0.277 e. The summed E-state index contributed by atoms with van der Waals surface area (Å²) >= 11 is 1.18. The van der Waals surface area contributed by atoms with Crippen molar-refractivity contribution in [3.05, 3.63) is 65.0 Å². The summed E-state index contributed by atoms with van der Waals surface area (Å²) in [7, 11) is 0. The van der Waals surface area contributed by atoms with E-state index in [2.05, 4.69) is 15.5 Å². The molecular weight excluding hydrogens is 412 g/mol. The molecule has 8 heteroatoms. The second-order valence-electron chi connectivity index (χ2n) is 7.78. The number of aromatic nitrogens is 2. The van der Waals surface area contributed by atoms with Gasteiger partial charge in [-0.3, -0.25) is 9.59 Å². The number of benzene rings is 2. The standard InChI is InChI=1S/C23H24N4O3S/c1-14-4-8-19(9-5-14)27-12-17(11-21(27)29)22-25-26-23(30-22)31-13-20(28)24-18-7-6-15(2)16(3)10-18/h4-10,17H,11-13H2,1-3H3,(H,24,28)/t17-/m1/s1. The second-order valence-corrected chi connectivity index (χ2v) is 8.71. The van der Waals surface area contributed by atoms with E-state index in [-0.39, 0.29) is 23.5 Å².